The van der Waals surface area contributed by atoms with Crippen molar-refractivity contribution >= 4 is 34.8 Å². The Hall–Kier alpha value is -3.52. The molecular formula is C23H18ClF3N2O3. The zero-order chi connectivity index (χ0) is 23.3. The molecule has 3 aromatic carbocycles. The molecule has 0 saturated heterocycles. The highest BCUT2D eigenvalue weighted by Gasteiger charge is 2.31. The molecule has 32 heavy (non-hydrogen) atoms. The number of alkyl halides is 3. The van der Waals surface area contributed by atoms with Gasteiger partial charge in [0, 0.05) is 5.69 Å². The van der Waals surface area contributed by atoms with Gasteiger partial charge in [0.2, 0.25) is 0 Å². The van der Waals surface area contributed by atoms with Crippen molar-refractivity contribution in [3.8, 4) is 5.75 Å². The summed E-state index contributed by atoms with van der Waals surface area (Å²) in [7, 11) is 0. The highest BCUT2D eigenvalue weighted by Crippen LogP contribution is 2.34. The van der Waals surface area contributed by atoms with Gasteiger partial charge in [0.25, 0.3) is 11.8 Å². The van der Waals surface area contributed by atoms with Crippen molar-refractivity contribution in [2.24, 2.45) is 0 Å². The number of para-hydroxylation sites is 1. The highest BCUT2D eigenvalue weighted by atomic mass is 35.5. The number of aryl methyl sites for hydroxylation is 1. The topological polar surface area (TPSA) is 67.4 Å². The first kappa shape index (κ1) is 23.1. The Bertz CT molecular complexity index is 1150. The quantitative estimate of drug-likeness (QED) is 0.476. The highest BCUT2D eigenvalue weighted by molar-refractivity contribution is 6.34. The largest absolute Gasteiger partial charge is 0.483 e. The number of carbonyl (C=O) groups excluding carboxylic acids is 2. The first-order chi connectivity index (χ1) is 15.1. The molecule has 0 saturated carbocycles. The molecule has 166 valence electrons. The molecule has 0 heterocycles. The smallest absolute Gasteiger partial charge is 0.416 e. The molecule has 2 amide bonds. The maximum Gasteiger partial charge on any atom is 0.416 e. The van der Waals surface area contributed by atoms with Gasteiger partial charge >= 0.3 is 6.18 Å². The van der Waals surface area contributed by atoms with E-state index in [-0.39, 0.29) is 28.6 Å². The van der Waals surface area contributed by atoms with Crippen molar-refractivity contribution in [2.75, 3.05) is 17.2 Å². The van der Waals surface area contributed by atoms with Gasteiger partial charge in [0.15, 0.2) is 6.61 Å². The molecule has 0 spiro atoms. The summed E-state index contributed by atoms with van der Waals surface area (Å²) in [6.07, 6.45) is -4.59. The lowest BCUT2D eigenvalue weighted by Gasteiger charge is -2.14. The third kappa shape index (κ3) is 6.01. The van der Waals surface area contributed by atoms with Crippen LogP contribution in [0.2, 0.25) is 5.02 Å². The van der Waals surface area contributed by atoms with E-state index in [0.29, 0.717) is 5.69 Å². The van der Waals surface area contributed by atoms with Gasteiger partial charge in [-0.1, -0.05) is 35.9 Å². The van der Waals surface area contributed by atoms with Gasteiger partial charge in [-0.3, -0.25) is 9.59 Å². The molecule has 9 heteroatoms. The first-order valence-electron chi connectivity index (χ1n) is 9.40. The van der Waals surface area contributed by atoms with E-state index in [9.17, 15) is 22.8 Å². The standard InChI is InChI=1S/C23H18ClF3N2O3/c1-14-5-4-6-16(11-14)28-21(30)13-32-20-8-3-2-7-17(20)22(31)29-19-12-15(23(25,26)27)9-10-18(19)24/h2-12H,13H2,1H3,(H,28,30)(H,29,31). The fourth-order valence-corrected chi connectivity index (χ4v) is 3.00. The summed E-state index contributed by atoms with van der Waals surface area (Å²) in [4.78, 5) is 24.9. The van der Waals surface area contributed by atoms with Gasteiger partial charge in [0.1, 0.15) is 5.75 Å². The van der Waals surface area contributed by atoms with Gasteiger partial charge in [-0.05, 0) is 55.0 Å². The minimum absolute atomic E-state index is 0.0318. The number of hydrogen-bond acceptors (Lipinski definition) is 3. The van der Waals surface area contributed by atoms with Crippen molar-refractivity contribution in [2.45, 2.75) is 13.1 Å². The van der Waals surface area contributed by atoms with E-state index in [2.05, 4.69) is 10.6 Å². The van der Waals surface area contributed by atoms with E-state index in [0.717, 1.165) is 23.8 Å². The summed E-state index contributed by atoms with van der Waals surface area (Å²) in [5.41, 5.74) is 0.458. The number of carbonyl (C=O) groups is 2. The number of hydrogen-bond donors (Lipinski definition) is 2. The Morgan fingerprint density at radius 1 is 0.969 bits per heavy atom. The van der Waals surface area contributed by atoms with Gasteiger partial charge in [0.05, 0.1) is 21.8 Å². The van der Waals surface area contributed by atoms with Crippen molar-refractivity contribution in [3.63, 3.8) is 0 Å². The second-order valence-electron chi connectivity index (χ2n) is 6.85. The van der Waals surface area contributed by atoms with Crippen LogP contribution in [0, 0.1) is 6.92 Å². The molecule has 3 aromatic rings. The lowest BCUT2D eigenvalue weighted by molar-refractivity contribution is -0.137. The van der Waals surface area contributed by atoms with Crippen LogP contribution in [-0.2, 0) is 11.0 Å². The zero-order valence-electron chi connectivity index (χ0n) is 16.8. The van der Waals surface area contributed by atoms with Crippen LogP contribution in [0.3, 0.4) is 0 Å². The number of benzene rings is 3. The zero-order valence-corrected chi connectivity index (χ0v) is 17.6. The monoisotopic (exact) mass is 462 g/mol. The molecule has 3 rings (SSSR count). The van der Waals surface area contributed by atoms with E-state index >= 15 is 0 Å². The Morgan fingerprint density at radius 2 is 1.72 bits per heavy atom. The Labute approximate surface area is 187 Å². The fraction of sp³-hybridized carbons (Fsp3) is 0.130. The van der Waals surface area contributed by atoms with E-state index < -0.39 is 23.6 Å². The summed E-state index contributed by atoms with van der Waals surface area (Å²) in [5.74, 6) is -1.08. The molecule has 0 aliphatic rings. The lowest BCUT2D eigenvalue weighted by Crippen LogP contribution is -2.21. The van der Waals surface area contributed by atoms with E-state index in [1.807, 2.05) is 13.0 Å². The number of anilines is 2. The predicted molar refractivity (Wildman–Crippen MR) is 116 cm³/mol. The summed E-state index contributed by atoms with van der Waals surface area (Å²) < 4.78 is 44.4. The van der Waals surface area contributed by atoms with Crippen molar-refractivity contribution in [1.82, 2.24) is 0 Å². The van der Waals surface area contributed by atoms with Crippen LogP contribution in [0.5, 0.6) is 5.75 Å². The average Bonchev–Trinajstić information content (AvgIpc) is 2.73. The molecule has 0 aliphatic heterocycles. The maximum absolute atomic E-state index is 13.0. The summed E-state index contributed by atoms with van der Waals surface area (Å²) in [5, 5.41) is 4.99. The Morgan fingerprint density at radius 3 is 2.44 bits per heavy atom. The van der Waals surface area contributed by atoms with Gasteiger partial charge < -0.3 is 15.4 Å². The van der Waals surface area contributed by atoms with Gasteiger partial charge in [-0.15, -0.1) is 0 Å². The van der Waals surface area contributed by atoms with Crippen LogP contribution in [0.4, 0.5) is 24.5 Å². The molecule has 5 nitrogen and oxygen atoms in total. The molecule has 0 aliphatic carbocycles. The Balaban J connectivity index is 1.71. The predicted octanol–water partition coefficient (Wildman–Crippen LogP) is 5.94. The maximum atomic E-state index is 13.0. The van der Waals surface area contributed by atoms with E-state index in [1.165, 1.54) is 12.1 Å². The molecule has 0 unspecified atom stereocenters. The van der Waals surface area contributed by atoms with Gasteiger partial charge in [-0.2, -0.15) is 13.2 Å². The molecule has 2 N–H and O–H groups in total. The van der Waals surface area contributed by atoms with E-state index in [4.69, 9.17) is 16.3 Å². The molecule has 0 aromatic heterocycles. The van der Waals surface area contributed by atoms with E-state index in [1.54, 1.807) is 30.3 Å². The number of nitrogens with one attached hydrogen (secondary N) is 2. The molecule has 0 radical (unpaired) electrons. The number of halogens is 4. The SMILES string of the molecule is Cc1cccc(NC(=O)COc2ccccc2C(=O)Nc2cc(C(F)(F)F)ccc2Cl)c1. The van der Waals surface area contributed by atoms with Gasteiger partial charge in [-0.25, -0.2) is 0 Å². The first-order valence-corrected chi connectivity index (χ1v) is 9.78. The van der Waals surface area contributed by atoms with Crippen LogP contribution in [-0.4, -0.2) is 18.4 Å². The third-order valence-electron chi connectivity index (χ3n) is 4.33. The van der Waals surface area contributed by atoms with Crippen LogP contribution in [0.15, 0.2) is 66.7 Å². The lowest BCUT2D eigenvalue weighted by atomic mass is 10.1. The van der Waals surface area contributed by atoms with Crippen LogP contribution in [0.25, 0.3) is 0 Å². The van der Waals surface area contributed by atoms with Crippen molar-refractivity contribution in [1.29, 1.82) is 0 Å². The number of rotatable bonds is 6. The van der Waals surface area contributed by atoms with Crippen LogP contribution in [0.1, 0.15) is 21.5 Å². The minimum Gasteiger partial charge on any atom is -0.483 e. The van der Waals surface area contributed by atoms with Crippen molar-refractivity contribution < 1.29 is 27.5 Å². The van der Waals surface area contributed by atoms with Crippen LogP contribution < -0.4 is 15.4 Å². The van der Waals surface area contributed by atoms with Crippen LogP contribution >= 0.6 is 11.6 Å². The normalized spacial score (nSPS) is 11.0. The number of amides is 2. The Kier molecular flexibility index (Phi) is 7.05. The minimum atomic E-state index is -4.59. The summed E-state index contributed by atoms with van der Waals surface area (Å²) >= 11 is 5.94. The summed E-state index contributed by atoms with van der Waals surface area (Å²) in [6.45, 7) is 1.51. The molecule has 0 fully saturated rings. The molecule has 0 atom stereocenters. The second-order valence-corrected chi connectivity index (χ2v) is 7.26. The second kappa shape index (κ2) is 9.74. The summed E-state index contributed by atoms with van der Waals surface area (Å²) in [6, 6.07) is 15.9. The molecule has 0 bridgehead atoms. The number of ether oxygens (including phenoxy) is 1. The van der Waals surface area contributed by atoms with Crippen molar-refractivity contribution in [3.05, 3.63) is 88.4 Å². The third-order valence-corrected chi connectivity index (χ3v) is 4.66. The fourth-order valence-electron chi connectivity index (χ4n) is 2.83. The molecular weight excluding hydrogens is 445 g/mol. The average molecular weight is 463 g/mol.